The van der Waals surface area contributed by atoms with E-state index in [1.165, 1.54) is 55.7 Å². The lowest BCUT2D eigenvalue weighted by Gasteiger charge is -2.35. The van der Waals surface area contributed by atoms with Gasteiger partial charge in [0.25, 0.3) is 11.8 Å². The molecular formula is C37H39Cl2F2N5O9S. The highest BCUT2D eigenvalue weighted by Gasteiger charge is 2.39. The zero-order valence-corrected chi connectivity index (χ0v) is 32.8. The molecule has 1 aromatic heterocycles. The molecular weight excluding hydrogens is 799 g/mol. The first-order valence-corrected chi connectivity index (χ1v) is 20.3. The molecule has 3 aliphatic rings. The molecule has 1 saturated heterocycles. The molecule has 0 unspecified atom stereocenters. The van der Waals surface area contributed by atoms with Crippen molar-refractivity contribution in [2.45, 2.75) is 38.9 Å². The number of anilines is 1. The second-order valence-electron chi connectivity index (χ2n) is 13.7. The van der Waals surface area contributed by atoms with E-state index < -0.39 is 47.1 Å². The smallest absolute Gasteiger partial charge is 0.387 e. The summed E-state index contributed by atoms with van der Waals surface area (Å²) in [5.41, 5.74) is 0.687. The van der Waals surface area contributed by atoms with E-state index in [1.807, 2.05) is 4.90 Å². The maximum absolute atomic E-state index is 13.7. The number of benzene rings is 2. The highest BCUT2D eigenvalue weighted by molar-refractivity contribution is 7.92. The van der Waals surface area contributed by atoms with Crippen LogP contribution in [-0.4, -0.2) is 117 Å². The van der Waals surface area contributed by atoms with Gasteiger partial charge in [0.1, 0.15) is 12.6 Å². The quantitative estimate of drug-likeness (QED) is 0.144. The van der Waals surface area contributed by atoms with Gasteiger partial charge in [0.15, 0.2) is 11.5 Å². The lowest BCUT2D eigenvalue weighted by molar-refractivity contribution is -0.149. The van der Waals surface area contributed by atoms with Crippen molar-refractivity contribution in [1.29, 1.82) is 0 Å². The summed E-state index contributed by atoms with van der Waals surface area (Å²) in [6, 6.07) is 8.13. The number of piperazine rings is 1. The lowest BCUT2D eigenvalue weighted by Crippen LogP contribution is -2.50. The fourth-order valence-electron chi connectivity index (χ4n) is 6.48. The highest BCUT2D eigenvalue weighted by atomic mass is 35.5. The van der Waals surface area contributed by atoms with Crippen LogP contribution in [0.25, 0.3) is 0 Å². The zero-order valence-electron chi connectivity index (χ0n) is 30.5. The number of halogens is 4. The van der Waals surface area contributed by atoms with Crippen molar-refractivity contribution in [3.8, 4) is 11.5 Å². The zero-order chi connectivity index (χ0) is 40.3. The van der Waals surface area contributed by atoms with Gasteiger partial charge in [-0.3, -0.25) is 38.3 Å². The van der Waals surface area contributed by atoms with Crippen molar-refractivity contribution in [3.63, 3.8) is 0 Å². The van der Waals surface area contributed by atoms with Gasteiger partial charge in [0, 0.05) is 65.0 Å². The molecule has 2 fully saturated rings. The predicted molar refractivity (Wildman–Crippen MR) is 201 cm³/mol. The first kappa shape index (κ1) is 41.1. The molecule has 6 rings (SSSR count). The van der Waals surface area contributed by atoms with Gasteiger partial charge in [-0.15, -0.1) is 0 Å². The Morgan fingerprint density at radius 2 is 1.64 bits per heavy atom. The molecule has 0 bridgehead atoms. The molecule has 1 saturated carbocycles. The highest BCUT2D eigenvalue weighted by Crippen LogP contribution is 2.38. The van der Waals surface area contributed by atoms with Crippen LogP contribution in [0.4, 0.5) is 14.5 Å². The molecule has 0 spiro atoms. The topological polar surface area (TPSA) is 156 Å². The van der Waals surface area contributed by atoms with Crippen LogP contribution in [0.1, 0.15) is 57.7 Å². The van der Waals surface area contributed by atoms with Gasteiger partial charge in [-0.25, -0.2) is 8.42 Å². The minimum atomic E-state index is -3.83. The van der Waals surface area contributed by atoms with E-state index in [0.717, 1.165) is 23.4 Å². The molecule has 3 aromatic rings. The van der Waals surface area contributed by atoms with Gasteiger partial charge < -0.3 is 19.1 Å². The maximum atomic E-state index is 13.7. The van der Waals surface area contributed by atoms with Crippen molar-refractivity contribution in [3.05, 3.63) is 81.1 Å². The Kier molecular flexibility index (Phi) is 12.7. The van der Waals surface area contributed by atoms with Crippen molar-refractivity contribution in [2.24, 2.45) is 5.92 Å². The molecule has 0 N–H and O–H groups in total. The number of hydrogen-bond donors (Lipinski definition) is 0. The van der Waals surface area contributed by atoms with Crippen LogP contribution in [0, 0.1) is 5.92 Å². The van der Waals surface area contributed by atoms with E-state index in [-0.39, 0.29) is 69.8 Å². The standard InChI is InChI=1S/C37H39Cl2F2N5O9S/c1-22(47)44-12-9-43(10-13-44)11-14-46(56(2,51)52)25-6-7-26-27(16-25)36(50)45(35(26)49)20-34(48)54-32(17-28-29(38)18-42-19-30(28)39)24-5-8-31(55-37(40)41)33(15-24)53-21-23-3-4-23/h5-8,15-16,18-19,23,32,37H,3-4,9-14,17,20-21H2,1-2H3/t32-/m0/s1. The van der Waals surface area contributed by atoms with Crippen LogP contribution < -0.4 is 13.8 Å². The van der Waals surface area contributed by atoms with Gasteiger partial charge in [0.2, 0.25) is 15.9 Å². The molecule has 2 aliphatic heterocycles. The molecule has 3 heterocycles. The average molecular weight is 839 g/mol. The first-order chi connectivity index (χ1) is 26.6. The molecule has 3 amide bonds. The largest absolute Gasteiger partial charge is 0.489 e. The number of nitrogens with zero attached hydrogens (tertiary/aromatic N) is 5. The van der Waals surface area contributed by atoms with Crippen LogP contribution in [0.15, 0.2) is 48.8 Å². The van der Waals surface area contributed by atoms with Crippen molar-refractivity contribution >= 4 is 62.6 Å². The average Bonchev–Trinajstić information content (AvgIpc) is 3.95. The van der Waals surface area contributed by atoms with E-state index in [0.29, 0.717) is 48.8 Å². The monoisotopic (exact) mass is 837 g/mol. The third-order valence-electron chi connectivity index (χ3n) is 9.71. The van der Waals surface area contributed by atoms with E-state index in [9.17, 15) is 36.4 Å². The molecule has 1 atom stereocenters. The van der Waals surface area contributed by atoms with Crippen LogP contribution in [0.3, 0.4) is 0 Å². The second kappa shape index (κ2) is 17.3. The van der Waals surface area contributed by atoms with Gasteiger partial charge >= 0.3 is 12.6 Å². The van der Waals surface area contributed by atoms with Crippen LogP contribution in [0.5, 0.6) is 11.5 Å². The van der Waals surface area contributed by atoms with Crippen molar-refractivity contribution < 1.29 is 50.6 Å². The third-order valence-corrected chi connectivity index (χ3v) is 11.6. The molecule has 14 nitrogen and oxygen atoms in total. The third kappa shape index (κ3) is 9.86. The molecule has 56 heavy (non-hydrogen) atoms. The molecule has 2 aromatic carbocycles. The number of carbonyl (C=O) groups is 4. The van der Waals surface area contributed by atoms with E-state index in [2.05, 4.69) is 9.72 Å². The summed E-state index contributed by atoms with van der Waals surface area (Å²) in [7, 11) is -3.83. The van der Waals surface area contributed by atoms with E-state index >= 15 is 0 Å². The van der Waals surface area contributed by atoms with Crippen LogP contribution in [0.2, 0.25) is 10.0 Å². The minimum Gasteiger partial charge on any atom is -0.489 e. The normalized spacial score (nSPS) is 16.6. The number of imide groups is 1. The Balaban J connectivity index is 1.20. The summed E-state index contributed by atoms with van der Waals surface area (Å²) in [5, 5.41) is 0.326. The number of esters is 1. The predicted octanol–water partition coefficient (Wildman–Crippen LogP) is 4.83. The SMILES string of the molecule is CC(=O)N1CCN(CCN(c2ccc3c(c2)C(=O)N(CC(=O)O[C@@H](Cc2c(Cl)cncc2Cl)c2ccc(OC(F)F)c(OCC4CC4)c2)C3=O)S(C)(=O)=O)CC1. The van der Waals surface area contributed by atoms with E-state index in [1.54, 1.807) is 4.90 Å². The van der Waals surface area contributed by atoms with Gasteiger partial charge in [-0.2, -0.15) is 8.78 Å². The maximum Gasteiger partial charge on any atom is 0.387 e. The number of fused-ring (bicyclic) bond motifs is 1. The summed E-state index contributed by atoms with van der Waals surface area (Å²) in [6.45, 7) is 0.399. The molecule has 19 heteroatoms. The first-order valence-electron chi connectivity index (χ1n) is 17.7. The number of rotatable bonds is 16. The summed E-state index contributed by atoms with van der Waals surface area (Å²) in [4.78, 5) is 60.8. The lowest BCUT2D eigenvalue weighted by atomic mass is 10.0. The van der Waals surface area contributed by atoms with Crippen molar-refractivity contribution in [1.82, 2.24) is 19.7 Å². The Hall–Kier alpha value is -4.58. The van der Waals surface area contributed by atoms with Gasteiger partial charge in [0.05, 0.1) is 39.7 Å². The van der Waals surface area contributed by atoms with Crippen LogP contribution >= 0.6 is 23.2 Å². The minimum absolute atomic E-state index is 0.00230. The van der Waals surface area contributed by atoms with Crippen molar-refractivity contribution in [2.75, 3.05) is 63.0 Å². The Morgan fingerprint density at radius 1 is 0.964 bits per heavy atom. The number of aromatic nitrogens is 1. The summed E-state index contributed by atoms with van der Waals surface area (Å²) < 4.78 is 69.8. The number of amides is 3. The number of alkyl halides is 2. The number of sulfonamides is 1. The summed E-state index contributed by atoms with van der Waals surface area (Å²) >= 11 is 12.8. The Morgan fingerprint density at radius 3 is 2.27 bits per heavy atom. The summed E-state index contributed by atoms with van der Waals surface area (Å²) in [6.07, 6.45) is 4.32. The molecule has 300 valence electrons. The number of hydrogen-bond acceptors (Lipinski definition) is 11. The Labute approximate surface area is 332 Å². The number of carbonyl (C=O) groups excluding carboxylic acids is 4. The Bertz CT molecular complexity index is 2100. The molecule has 0 radical (unpaired) electrons. The second-order valence-corrected chi connectivity index (χ2v) is 16.4. The number of ether oxygens (including phenoxy) is 3. The summed E-state index contributed by atoms with van der Waals surface area (Å²) in [5.74, 6) is -2.60. The van der Waals surface area contributed by atoms with Gasteiger partial charge in [-0.1, -0.05) is 29.3 Å². The van der Waals surface area contributed by atoms with Crippen LogP contribution in [-0.2, 0) is 30.8 Å². The number of pyridine rings is 1. The van der Waals surface area contributed by atoms with Gasteiger partial charge in [-0.05, 0) is 60.2 Å². The fraction of sp³-hybridized carbons (Fsp3) is 0.432. The van der Waals surface area contributed by atoms with E-state index in [4.69, 9.17) is 32.7 Å². The molecule has 1 aliphatic carbocycles. The fourth-order valence-corrected chi connectivity index (χ4v) is 7.91.